The Morgan fingerprint density at radius 2 is 1.68 bits per heavy atom. The lowest BCUT2D eigenvalue weighted by molar-refractivity contribution is -0.268. The van der Waals surface area contributed by atoms with Crippen molar-refractivity contribution in [2.45, 2.75) is 41.0 Å². The van der Waals surface area contributed by atoms with Crippen LogP contribution >= 0.6 is 46.6 Å². The van der Waals surface area contributed by atoms with E-state index in [-0.39, 0.29) is 24.7 Å². The van der Waals surface area contributed by atoms with E-state index in [0.717, 1.165) is 22.4 Å². The molecule has 1 fully saturated rings. The van der Waals surface area contributed by atoms with E-state index in [2.05, 4.69) is 27.8 Å². The van der Waals surface area contributed by atoms with E-state index in [0.29, 0.717) is 16.6 Å². The van der Waals surface area contributed by atoms with Crippen LogP contribution in [0.4, 0.5) is 5.69 Å². The third kappa shape index (κ3) is 7.21. The number of carbonyl (C=O) groups is 1. The molecule has 0 spiro atoms. The Bertz CT molecular complexity index is 1450. The lowest BCUT2D eigenvalue weighted by atomic mass is 9.91. The highest BCUT2D eigenvalue weighted by Crippen LogP contribution is 2.43. The molecule has 0 bridgehead atoms. The summed E-state index contributed by atoms with van der Waals surface area (Å²) in [5.41, 5.74) is 3.87. The number of aliphatic hydroxyl groups excluding tert-OH is 1. The molecule has 4 atom stereocenters. The first-order chi connectivity index (χ1) is 19.7. The Morgan fingerprint density at radius 1 is 1.00 bits per heavy atom. The smallest absolute Gasteiger partial charge is 0.276 e. The summed E-state index contributed by atoms with van der Waals surface area (Å²) >= 11 is 18.5. The molecule has 0 aliphatic carbocycles. The molecule has 41 heavy (non-hydrogen) atoms. The van der Waals surface area contributed by atoms with Gasteiger partial charge in [0.1, 0.15) is 0 Å². The lowest BCUT2D eigenvalue weighted by Gasteiger charge is -2.41. The standard InChI is InChI=1S/C28H26Cl3N5O4S/c1-17-23(16-41-27-33-34-35-36(27)22-5-3-2-4-6-22)39-25(40-24(17)19-9-7-18(15-37)8-10-19)20-11-13-21(14-12-20)32-26(38)28(29,30)31/h2-14,17,23-25,37H,15-16H2,1H3,(H,32,38)/t17-,23+,24+,25+/m1/s1. The quantitative estimate of drug-likeness (QED) is 0.178. The number of halogens is 3. The number of amides is 1. The molecule has 214 valence electrons. The van der Waals surface area contributed by atoms with Crippen LogP contribution in [0.2, 0.25) is 0 Å². The molecule has 13 heteroatoms. The Labute approximate surface area is 256 Å². The fourth-order valence-corrected chi connectivity index (χ4v) is 5.59. The van der Waals surface area contributed by atoms with Gasteiger partial charge in [0, 0.05) is 22.9 Å². The molecular formula is C28H26Cl3N5O4S. The van der Waals surface area contributed by atoms with Gasteiger partial charge in [-0.25, -0.2) is 0 Å². The van der Waals surface area contributed by atoms with Gasteiger partial charge in [0.25, 0.3) is 9.70 Å². The van der Waals surface area contributed by atoms with Gasteiger partial charge < -0.3 is 19.9 Å². The zero-order valence-corrected chi connectivity index (χ0v) is 24.8. The van der Waals surface area contributed by atoms with E-state index in [1.54, 1.807) is 28.9 Å². The molecule has 0 saturated carbocycles. The normalized spacial score (nSPS) is 21.0. The maximum absolute atomic E-state index is 12.0. The second kappa shape index (κ2) is 13.1. The van der Waals surface area contributed by atoms with Crippen molar-refractivity contribution in [3.8, 4) is 5.69 Å². The molecule has 1 saturated heterocycles. The van der Waals surface area contributed by atoms with Crippen molar-refractivity contribution in [2.24, 2.45) is 5.92 Å². The fraction of sp³-hybridized carbons (Fsp3) is 0.286. The third-order valence-corrected chi connectivity index (χ3v) is 8.16. The maximum Gasteiger partial charge on any atom is 0.276 e. The predicted octanol–water partition coefficient (Wildman–Crippen LogP) is 6.05. The molecule has 1 aromatic heterocycles. The number of rotatable bonds is 8. The SMILES string of the molecule is C[C@@H]1[C@H](CSc2nnnn2-c2ccccc2)O[C@H](c2ccc(NC(=O)C(Cl)(Cl)Cl)cc2)O[C@@H]1c1ccc(CO)cc1. The molecule has 2 heterocycles. The summed E-state index contributed by atoms with van der Waals surface area (Å²) in [5, 5.41) is 24.9. The van der Waals surface area contributed by atoms with Gasteiger partial charge in [-0.15, -0.1) is 5.10 Å². The van der Waals surface area contributed by atoms with Crippen LogP contribution in [0.1, 0.15) is 36.0 Å². The van der Waals surface area contributed by atoms with Gasteiger partial charge in [-0.05, 0) is 45.8 Å². The Kier molecular flexibility index (Phi) is 9.50. The summed E-state index contributed by atoms with van der Waals surface area (Å²) in [6, 6.07) is 24.3. The first-order valence-electron chi connectivity index (χ1n) is 12.7. The minimum absolute atomic E-state index is 0.0253. The van der Waals surface area contributed by atoms with Gasteiger partial charge in [0.05, 0.1) is 24.5 Å². The average Bonchev–Trinajstić information content (AvgIpc) is 3.46. The number of nitrogens with one attached hydrogen (secondary N) is 1. The minimum atomic E-state index is -2.08. The highest BCUT2D eigenvalue weighted by atomic mass is 35.6. The van der Waals surface area contributed by atoms with Crippen LogP contribution in [0.5, 0.6) is 0 Å². The average molecular weight is 635 g/mol. The number of para-hydroxylation sites is 1. The molecule has 9 nitrogen and oxygen atoms in total. The Balaban J connectivity index is 1.37. The van der Waals surface area contributed by atoms with Crippen LogP contribution < -0.4 is 5.32 Å². The van der Waals surface area contributed by atoms with E-state index < -0.39 is 16.0 Å². The highest BCUT2D eigenvalue weighted by Gasteiger charge is 2.39. The van der Waals surface area contributed by atoms with Crippen molar-refractivity contribution >= 4 is 58.2 Å². The highest BCUT2D eigenvalue weighted by molar-refractivity contribution is 7.99. The zero-order valence-electron chi connectivity index (χ0n) is 21.7. The summed E-state index contributed by atoms with van der Waals surface area (Å²) in [5.74, 6) is -0.213. The number of hydrogen-bond acceptors (Lipinski definition) is 8. The van der Waals surface area contributed by atoms with Gasteiger partial charge in [-0.3, -0.25) is 4.79 Å². The number of aliphatic hydroxyl groups is 1. The Hall–Kier alpha value is -2.70. The predicted molar refractivity (Wildman–Crippen MR) is 158 cm³/mol. The molecule has 5 rings (SSSR count). The van der Waals surface area contributed by atoms with E-state index in [1.165, 1.54) is 11.8 Å². The van der Waals surface area contributed by atoms with Crippen LogP contribution in [0.25, 0.3) is 5.69 Å². The van der Waals surface area contributed by atoms with Gasteiger partial charge in [-0.2, -0.15) is 4.68 Å². The number of nitrogens with zero attached hydrogens (tertiary/aromatic N) is 4. The van der Waals surface area contributed by atoms with Crippen molar-refractivity contribution in [3.05, 3.63) is 95.6 Å². The Morgan fingerprint density at radius 3 is 2.34 bits per heavy atom. The first kappa shape index (κ1) is 29.8. The number of aromatic nitrogens is 4. The fourth-order valence-electron chi connectivity index (χ4n) is 4.39. The second-order valence-corrected chi connectivity index (χ2v) is 12.7. The molecule has 2 N–H and O–H groups in total. The number of carbonyl (C=O) groups excluding carboxylic acids is 1. The van der Waals surface area contributed by atoms with E-state index in [1.807, 2.05) is 54.6 Å². The summed E-state index contributed by atoms with van der Waals surface area (Å²) in [4.78, 5) is 12.0. The molecule has 1 aliphatic rings. The van der Waals surface area contributed by atoms with E-state index in [4.69, 9.17) is 44.3 Å². The van der Waals surface area contributed by atoms with Crippen molar-refractivity contribution in [3.63, 3.8) is 0 Å². The second-order valence-electron chi connectivity index (χ2n) is 9.42. The maximum atomic E-state index is 12.0. The van der Waals surface area contributed by atoms with Crippen LogP contribution in [0, 0.1) is 5.92 Å². The van der Waals surface area contributed by atoms with Gasteiger partial charge >= 0.3 is 0 Å². The minimum Gasteiger partial charge on any atom is -0.392 e. The molecule has 0 radical (unpaired) electrons. The number of benzene rings is 3. The number of tetrazole rings is 1. The summed E-state index contributed by atoms with van der Waals surface area (Å²) in [7, 11) is 0. The number of anilines is 1. The van der Waals surface area contributed by atoms with Crippen LogP contribution in [0.15, 0.2) is 84.0 Å². The molecular weight excluding hydrogens is 609 g/mol. The first-order valence-corrected chi connectivity index (χ1v) is 14.8. The zero-order chi connectivity index (χ0) is 29.0. The van der Waals surface area contributed by atoms with Gasteiger partial charge in [0.15, 0.2) is 6.29 Å². The number of ether oxygens (including phenoxy) is 2. The van der Waals surface area contributed by atoms with Crippen LogP contribution in [-0.4, -0.2) is 46.9 Å². The summed E-state index contributed by atoms with van der Waals surface area (Å²) < 4.78 is 12.6. The molecule has 4 aromatic rings. The number of thioether (sulfide) groups is 1. The van der Waals surface area contributed by atoms with Crippen LogP contribution in [-0.2, 0) is 20.9 Å². The van der Waals surface area contributed by atoms with Crippen molar-refractivity contribution in [2.75, 3.05) is 11.1 Å². The van der Waals surface area contributed by atoms with Crippen molar-refractivity contribution < 1.29 is 19.4 Å². The topological polar surface area (TPSA) is 111 Å². The molecule has 1 amide bonds. The number of alkyl halides is 3. The van der Waals surface area contributed by atoms with Gasteiger partial charge in [0.2, 0.25) is 5.16 Å². The monoisotopic (exact) mass is 633 g/mol. The van der Waals surface area contributed by atoms with E-state index >= 15 is 0 Å². The third-order valence-electron chi connectivity index (χ3n) is 6.64. The van der Waals surface area contributed by atoms with Crippen molar-refractivity contribution in [1.29, 1.82) is 0 Å². The molecule has 0 unspecified atom stereocenters. The van der Waals surface area contributed by atoms with Gasteiger partial charge in [-0.1, -0.05) is 108 Å². The van der Waals surface area contributed by atoms with E-state index in [9.17, 15) is 9.90 Å². The lowest BCUT2D eigenvalue weighted by Crippen LogP contribution is -2.38. The molecule has 3 aromatic carbocycles. The van der Waals surface area contributed by atoms with Crippen molar-refractivity contribution in [1.82, 2.24) is 20.2 Å². The largest absolute Gasteiger partial charge is 0.392 e. The summed E-state index contributed by atoms with van der Waals surface area (Å²) in [6.07, 6.45) is -1.21. The summed E-state index contributed by atoms with van der Waals surface area (Å²) in [6.45, 7) is 2.05. The number of hydrogen-bond donors (Lipinski definition) is 2. The molecule has 1 aliphatic heterocycles. The van der Waals surface area contributed by atoms with Crippen LogP contribution in [0.3, 0.4) is 0 Å².